The first-order valence-corrected chi connectivity index (χ1v) is 5.79. The van der Waals surface area contributed by atoms with Crippen molar-refractivity contribution in [3.8, 4) is 0 Å². The van der Waals surface area contributed by atoms with Gasteiger partial charge in [0.25, 0.3) is 0 Å². The van der Waals surface area contributed by atoms with Crippen LogP contribution in [-0.4, -0.2) is 32.3 Å². The summed E-state index contributed by atoms with van der Waals surface area (Å²) in [5.74, 6) is 0. The van der Waals surface area contributed by atoms with E-state index in [0.717, 1.165) is 31.6 Å². The Hall–Kier alpha value is -0.865. The van der Waals surface area contributed by atoms with Crippen molar-refractivity contribution in [2.75, 3.05) is 13.2 Å². The predicted molar refractivity (Wildman–Crippen MR) is 62.9 cm³/mol. The summed E-state index contributed by atoms with van der Waals surface area (Å²) < 4.78 is 11.1. The molecule has 4 heteroatoms. The van der Waals surface area contributed by atoms with E-state index < -0.39 is 0 Å². The molecule has 2 rings (SSSR count). The Labute approximate surface area is 97.6 Å². The van der Waals surface area contributed by atoms with Gasteiger partial charge in [-0.25, -0.2) is 0 Å². The Morgan fingerprint density at radius 3 is 3.12 bits per heavy atom. The normalized spacial score (nSPS) is 20.9. The van der Waals surface area contributed by atoms with E-state index in [1.54, 1.807) is 6.07 Å². The van der Waals surface area contributed by atoms with Crippen LogP contribution in [0.2, 0.25) is 0 Å². The van der Waals surface area contributed by atoms with Crippen molar-refractivity contribution in [2.45, 2.75) is 32.0 Å². The quantitative estimate of drug-likeness (QED) is 0.704. The van der Waals surface area contributed by atoms with Gasteiger partial charge < -0.3 is 9.47 Å². The van der Waals surface area contributed by atoms with Crippen molar-refractivity contribution in [2.24, 2.45) is 0 Å². The molecule has 0 aliphatic carbocycles. The molecule has 1 aromatic heterocycles. The maximum absolute atomic E-state index is 5.62. The molecule has 1 saturated heterocycles. The summed E-state index contributed by atoms with van der Waals surface area (Å²) in [6, 6.07) is 5.66. The third kappa shape index (κ3) is 3.61. The van der Waals surface area contributed by atoms with Gasteiger partial charge in [0.1, 0.15) is 7.85 Å². The van der Waals surface area contributed by atoms with Gasteiger partial charge in [-0.1, -0.05) is 12.1 Å². The van der Waals surface area contributed by atoms with Crippen molar-refractivity contribution < 1.29 is 9.47 Å². The molecule has 0 aromatic carbocycles. The fourth-order valence-corrected chi connectivity index (χ4v) is 1.77. The molecule has 1 atom stereocenters. The number of rotatable bonds is 4. The minimum absolute atomic E-state index is 0.0187. The fourth-order valence-electron chi connectivity index (χ4n) is 1.77. The summed E-state index contributed by atoms with van der Waals surface area (Å²) in [7, 11) is 5.60. The minimum atomic E-state index is -0.0187. The second kappa shape index (κ2) is 6.02. The molecule has 1 aromatic rings. The zero-order valence-corrected chi connectivity index (χ0v) is 9.39. The highest BCUT2D eigenvalue weighted by Gasteiger charge is 2.13. The Morgan fingerprint density at radius 1 is 1.44 bits per heavy atom. The topological polar surface area (TPSA) is 31.4 Å². The van der Waals surface area contributed by atoms with Crippen molar-refractivity contribution >= 4 is 13.4 Å². The van der Waals surface area contributed by atoms with Crippen LogP contribution in [0.3, 0.4) is 0 Å². The summed E-state index contributed by atoms with van der Waals surface area (Å²) in [6.45, 7) is 1.46. The lowest BCUT2D eigenvalue weighted by Crippen LogP contribution is -2.23. The highest BCUT2D eigenvalue weighted by Crippen LogP contribution is 2.13. The first kappa shape index (κ1) is 11.6. The Bertz CT molecular complexity index is 327. The van der Waals surface area contributed by atoms with Crippen LogP contribution in [0.25, 0.3) is 0 Å². The second-order valence-electron chi connectivity index (χ2n) is 3.97. The molecule has 16 heavy (non-hydrogen) atoms. The minimum Gasteiger partial charge on any atom is -0.353 e. The van der Waals surface area contributed by atoms with Gasteiger partial charge in [-0.3, -0.25) is 4.98 Å². The van der Waals surface area contributed by atoms with E-state index in [9.17, 15) is 0 Å². The fraction of sp³-hybridized carbons (Fsp3) is 0.583. The van der Waals surface area contributed by atoms with E-state index in [4.69, 9.17) is 17.3 Å². The number of hydrogen-bond donors (Lipinski definition) is 0. The van der Waals surface area contributed by atoms with E-state index in [2.05, 4.69) is 4.98 Å². The summed E-state index contributed by atoms with van der Waals surface area (Å²) >= 11 is 0. The van der Waals surface area contributed by atoms with Crippen LogP contribution in [0, 0.1) is 0 Å². The monoisotopic (exact) mass is 217 g/mol. The first-order chi connectivity index (χ1) is 7.84. The van der Waals surface area contributed by atoms with E-state index >= 15 is 0 Å². The molecule has 0 N–H and O–H groups in total. The average Bonchev–Trinajstić information content (AvgIpc) is 2.30. The summed E-state index contributed by atoms with van der Waals surface area (Å²) in [5.41, 5.74) is 1.53. The lowest BCUT2D eigenvalue weighted by atomic mass is 10.0. The van der Waals surface area contributed by atoms with Crippen LogP contribution in [0.5, 0.6) is 0 Å². The number of hydrogen-bond acceptors (Lipinski definition) is 3. The molecule has 0 spiro atoms. The molecule has 0 saturated carbocycles. The van der Waals surface area contributed by atoms with Crippen LogP contribution >= 0.6 is 0 Å². The average molecular weight is 217 g/mol. The van der Waals surface area contributed by atoms with Gasteiger partial charge >= 0.3 is 0 Å². The van der Waals surface area contributed by atoms with Gasteiger partial charge in [0.05, 0.1) is 6.61 Å². The third-order valence-corrected chi connectivity index (χ3v) is 2.63. The molecule has 0 amide bonds. The molecule has 2 heterocycles. The molecule has 1 aliphatic heterocycles. The number of nitrogens with zero attached hydrogens (tertiary/aromatic N) is 1. The third-order valence-electron chi connectivity index (χ3n) is 2.63. The standard InChI is InChI=1S/C12H16BNO2/c13-11-5-3-4-10(14-11)7-9-16-12-6-1-2-8-15-12/h3-5,12H,1-2,6-9H2. The lowest BCUT2D eigenvalue weighted by molar-refractivity contribution is -0.161. The zero-order valence-electron chi connectivity index (χ0n) is 9.39. The van der Waals surface area contributed by atoms with Crippen LogP contribution in [0.15, 0.2) is 18.2 Å². The van der Waals surface area contributed by atoms with Gasteiger partial charge in [0.2, 0.25) is 0 Å². The molecule has 2 radical (unpaired) electrons. The highest BCUT2D eigenvalue weighted by molar-refractivity contribution is 6.30. The van der Waals surface area contributed by atoms with Gasteiger partial charge in [0.15, 0.2) is 6.29 Å². The molecule has 0 bridgehead atoms. The van der Waals surface area contributed by atoms with Crippen LogP contribution in [0.1, 0.15) is 25.0 Å². The Morgan fingerprint density at radius 2 is 2.38 bits per heavy atom. The van der Waals surface area contributed by atoms with Gasteiger partial charge in [-0.05, 0) is 30.9 Å². The number of ether oxygens (including phenoxy) is 2. The van der Waals surface area contributed by atoms with Crippen LogP contribution in [0.4, 0.5) is 0 Å². The molecular weight excluding hydrogens is 201 g/mol. The van der Waals surface area contributed by atoms with Crippen molar-refractivity contribution in [3.05, 3.63) is 23.9 Å². The number of aromatic nitrogens is 1. The Balaban J connectivity index is 1.71. The van der Waals surface area contributed by atoms with Gasteiger partial charge in [0, 0.05) is 18.7 Å². The lowest BCUT2D eigenvalue weighted by Gasteiger charge is -2.22. The van der Waals surface area contributed by atoms with E-state index in [1.807, 2.05) is 12.1 Å². The van der Waals surface area contributed by atoms with Gasteiger partial charge in [-0.2, -0.15) is 0 Å². The Kier molecular flexibility index (Phi) is 4.37. The summed E-state index contributed by atoms with van der Waals surface area (Å²) in [6.07, 6.45) is 4.11. The maximum atomic E-state index is 5.62. The smallest absolute Gasteiger partial charge is 0.157 e. The van der Waals surface area contributed by atoms with Gasteiger partial charge in [-0.15, -0.1) is 0 Å². The van der Waals surface area contributed by atoms with Crippen molar-refractivity contribution in [1.82, 2.24) is 4.98 Å². The first-order valence-electron chi connectivity index (χ1n) is 5.79. The predicted octanol–water partition coefficient (Wildman–Crippen LogP) is 0.961. The van der Waals surface area contributed by atoms with E-state index in [-0.39, 0.29) is 6.29 Å². The van der Waals surface area contributed by atoms with Crippen LogP contribution < -0.4 is 5.59 Å². The summed E-state index contributed by atoms with van der Waals surface area (Å²) in [5, 5.41) is 0. The largest absolute Gasteiger partial charge is 0.353 e. The van der Waals surface area contributed by atoms with E-state index in [1.165, 1.54) is 6.42 Å². The molecule has 84 valence electrons. The highest BCUT2D eigenvalue weighted by atomic mass is 16.7. The summed E-state index contributed by atoms with van der Waals surface area (Å²) in [4.78, 5) is 4.21. The molecule has 1 unspecified atom stereocenters. The number of pyridine rings is 1. The maximum Gasteiger partial charge on any atom is 0.157 e. The SMILES string of the molecule is [B]c1cccc(CCOC2CCCCO2)n1. The van der Waals surface area contributed by atoms with Crippen molar-refractivity contribution in [3.63, 3.8) is 0 Å². The molecule has 3 nitrogen and oxygen atoms in total. The second-order valence-corrected chi connectivity index (χ2v) is 3.97. The molecule has 1 fully saturated rings. The molecule has 1 aliphatic rings. The zero-order chi connectivity index (χ0) is 11.2. The van der Waals surface area contributed by atoms with Crippen molar-refractivity contribution in [1.29, 1.82) is 0 Å². The molecular formula is C12H16BNO2. The van der Waals surface area contributed by atoms with Crippen LogP contribution in [-0.2, 0) is 15.9 Å². The van der Waals surface area contributed by atoms with E-state index in [0.29, 0.717) is 12.2 Å².